The van der Waals surface area contributed by atoms with Gasteiger partial charge in [-0.2, -0.15) is 5.10 Å². The highest BCUT2D eigenvalue weighted by molar-refractivity contribution is 5.94. The van der Waals surface area contributed by atoms with Gasteiger partial charge in [-0.3, -0.25) is 9.89 Å². The number of hydrogen-bond acceptors (Lipinski definition) is 5. The van der Waals surface area contributed by atoms with Crippen LogP contribution in [0, 0.1) is 0 Å². The Hall–Kier alpha value is -2.93. The molecule has 7 nitrogen and oxygen atoms in total. The quantitative estimate of drug-likeness (QED) is 0.767. The van der Waals surface area contributed by atoms with Gasteiger partial charge < -0.3 is 14.1 Å². The van der Waals surface area contributed by atoms with Crippen LogP contribution in [0.4, 0.5) is 0 Å². The first kappa shape index (κ1) is 15.3. The molecule has 4 heterocycles. The summed E-state index contributed by atoms with van der Waals surface area (Å²) in [5.74, 6) is 1.39. The van der Waals surface area contributed by atoms with Crippen LogP contribution in [0.1, 0.15) is 33.2 Å². The molecule has 5 rings (SSSR count). The van der Waals surface area contributed by atoms with E-state index in [2.05, 4.69) is 15.2 Å². The Kier molecular flexibility index (Phi) is 3.60. The summed E-state index contributed by atoms with van der Waals surface area (Å²) >= 11 is 0. The van der Waals surface area contributed by atoms with Crippen LogP contribution in [-0.2, 0) is 30.7 Å². The number of aromatic nitrogens is 3. The van der Waals surface area contributed by atoms with Gasteiger partial charge in [0.1, 0.15) is 11.5 Å². The summed E-state index contributed by atoms with van der Waals surface area (Å²) in [5, 5.41) is 7.22. The lowest BCUT2D eigenvalue weighted by molar-refractivity contribution is 0.0709. The Labute approximate surface area is 150 Å². The zero-order valence-corrected chi connectivity index (χ0v) is 14.2. The van der Waals surface area contributed by atoms with Gasteiger partial charge in [0.15, 0.2) is 5.69 Å². The van der Waals surface area contributed by atoms with E-state index in [1.165, 1.54) is 0 Å². The Morgan fingerprint density at radius 3 is 2.96 bits per heavy atom. The van der Waals surface area contributed by atoms with Crippen LogP contribution < -0.4 is 0 Å². The van der Waals surface area contributed by atoms with Gasteiger partial charge in [-0.05, 0) is 12.1 Å². The number of hydrogen-bond donors (Lipinski definition) is 1. The first-order valence-electron chi connectivity index (χ1n) is 8.77. The van der Waals surface area contributed by atoms with Crippen molar-refractivity contribution in [2.75, 3.05) is 13.2 Å². The molecule has 1 N–H and O–H groups in total. The molecule has 0 saturated heterocycles. The molecule has 0 aliphatic carbocycles. The highest BCUT2D eigenvalue weighted by Crippen LogP contribution is 2.27. The Balaban J connectivity index is 1.40. The second kappa shape index (κ2) is 6.10. The fraction of sp³-hybridized carbons (Fsp3) is 0.316. The van der Waals surface area contributed by atoms with E-state index in [1.54, 1.807) is 4.90 Å². The summed E-state index contributed by atoms with van der Waals surface area (Å²) in [6.45, 7) is 2.13. The van der Waals surface area contributed by atoms with Gasteiger partial charge in [0.2, 0.25) is 5.89 Å². The molecule has 1 aromatic carbocycles. The summed E-state index contributed by atoms with van der Waals surface area (Å²) in [7, 11) is 0. The Morgan fingerprint density at radius 1 is 1.19 bits per heavy atom. The number of oxazole rings is 1. The van der Waals surface area contributed by atoms with E-state index in [9.17, 15) is 4.79 Å². The van der Waals surface area contributed by atoms with Gasteiger partial charge in [0.05, 0.1) is 19.8 Å². The van der Waals surface area contributed by atoms with Crippen molar-refractivity contribution in [1.29, 1.82) is 0 Å². The minimum atomic E-state index is -0.0806. The van der Waals surface area contributed by atoms with Crippen LogP contribution in [0.15, 0.2) is 34.7 Å². The summed E-state index contributed by atoms with van der Waals surface area (Å²) in [5.41, 5.74) is 4.12. The number of carbonyl (C=O) groups excluding carboxylic acids is 1. The lowest BCUT2D eigenvalue weighted by atomic mass is 10.1. The van der Waals surface area contributed by atoms with Gasteiger partial charge in [0, 0.05) is 36.2 Å². The van der Waals surface area contributed by atoms with Gasteiger partial charge in [-0.15, -0.1) is 0 Å². The first-order chi connectivity index (χ1) is 12.8. The number of fused-ring (bicyclic) bond motifs is 2. The highest BCUT2D eigenvalue weighted by atomic mass is 16.5. The molecule has 0 unspecified atom stereocenters. The number of aromatic amines is 1. The summed E-state index contributed by atoms with van der Waals surface area (Å²) in [4.78, 5) is 19.3. The number of rotatable bonds is 2. The van der Waals surface area contributed by atoms with E-state index < -0.39 is 0 Å². The third-order valence-electron chi connectivity index (χ3n) is 4.93. The molecule has 2 aliphatic heterocycles. The molecule has 7 heteroatoms. The van der Waals surface area contributed by atoms with E-state index in [0.717, 1.165) is 34.7 Å². The maximum Gasteiger partial charge on any atom is 0.275 e. The van der Waals surface area contributed by atoms with E-state index in [-0.39, 0.29) is 5.91 Å². The Bertz CT molecular complexity index is 961. The zero-order chi connectivity index (χ0) is 17.5. The van der Waals surface area contributed by atoms with Gasteiger partial charge in [-0.25, -0.2) is 4.98 Å². The van der Waals surface area contributed by atoms with E-state index >= 15 is 0 Å². The lowest BCUT2D eigenvalue weighted by Gasteiger charge is -2.25. The van der Waals surface area contributed by atoms with Gasteiger partial charge in [-0.1, -0.05) is 18.2 Å². The monoisotopic (exact) mass is 350 g/mol. The second-order valence-corrected chi connectivity index (χ2v) is 6.56. The standard InChI is InChI=1S/C19H18N4O3/c24-19(17-13-11-25-9-7-14(13)21-22-17)23-8-6-16-15(10-23)20-18(26-16)12-4-2-1-3-5-12/h1-5H,6-11H2,(H,21,22). The van der Waals surface area contributed by atoms with E-state index in [1.807, 2.05) is 30.3 Å². The van der Waals surface area contributed by atoms with Crippen LogP contribution in [0.3, 0.4) is 0 Å². The first-order valence-corrected chi connectivity index (χ1v) is 8.77. The van der Waals surface area contributed by atoms with Crippen molar-refractivity contribution >= 4 is 5.91 Å². The minimum Gasteiger partial charge on any atom is -0.441 e. The maximum absolute atomic E-state index is 12.9. The minimum absolute atomic E-state index is 0.0806. The molecule has 1 amide bonds. The van der Waals surface area contributed by atoms with Crippen LogP contribution in [0.2, 0.25) is 0 Å². The molecule has 0 fully saturated rings. The van der Waals surface area contributed by atoms with Crippen molar-refractivity contribution in [3.8, 4) is 11.5 Å². The molecule has 2 aliphatic rings. The molecule has 3 aromatic rings. The Morgan fingerprint density at radius 2 is 2.08 bits per heavy atom. The van der Waals surface area contributed by atoms with Crippen LogP contribution in [0.25, 0.3) is 11.5 Å². The molecule has 0 atom stereocenters. The summed E-state index contributed by atoms with van der Waals surface area (Å²) in [6.07, 6.45) is 1.42. The molecular weight excluding hydrogens is 332 g/mol. The maximum atomic E-state index is 12.9. The molecule has 0 bridgehead atoms. The highest BCUT2D eigenvalue weighted by Gasteiger charge is 2.30. The van der Waals surface area contributed by atoms with Crippen molar-refractivity contribution in [2.24, 2.45) is 0 Å². The molecule has 0 spiro atoms. The lowest BCUT2D eigenvalue weighted by Crippen LogP contribution is -2.36. The number of H-pyrrole nitrogens is 1. The molecular formula is C19H18N4O3. The number of amides is 1. The van der Waals surface area contributed by atoms with Gasteiger partial charge in [0.25, 0.3) is 5.91 Å². The number of ether oxygens (including phenoxy) is 1. The number of benzene rings is 1. The van der Waals surface area contributed by atoms with Gasteiger partial charge >= 0.3 is 0 Å². The van der Waals surface area contributed by atoms with Crippen LogP contribution >= 0.6 is 0 Å². The van der Waals surface area contributed by atoms with Crippen molar-refractivity contribution in [2.45, 2.75) is 26.0 Å². The summed E-state index contributed by atoms with van der Waals surface area (Å²) < 4.78 is 11.4. The molecule has 0 radical (unpaired) electrons. The topological polar surface area (TPSA) is 84.3 Å². The number of carbonyl (C=O) groups is 1. The van der Waals surface area contributed by atoms with Crippen molar-refractivity contribution in [3.05, 3.63) is 58.7 Å². The van der Waals surface area contributed by atoms with Crippen LogP contribution in [-0.4, -0.2) is 39.1 Å². The zero-order valence-electron chi connectivity index (χ0n) is 14.2. The number of nitrogens with one attached hydrogen (secondary N) is 1. The third kappa shape index (κ3) is 2.52. The number of nitrogens with zero attached hydrogens (tertiary/aromatic N) is 3. The normalized spacial score (nSPS) is 16.2. The SMILES string of the molecule is O=C(c1n[nH]c2c1COCC2)N1CCc2oc(-c3ccccc3)nc2C1. The fourth-order valence-corrected chi connectivity index (χ4v) is 3.51. The third-order valence-corrected chi connectivity index (χ3v) is 4.93. The average Bonchev–Trinajstić information content (AvgIpc) is 3.32. The van der Waals surface area contributed by atoms with Crippen molar-refractivity contribution in [1.82, 2.24) is 20.1 Å². The van der Waals surface area contributed by atoms with E-state index in [0.29, 0.717) is 44.3 Å². The predicted molar refractivity (Wildman–Crippen MR) is 92.3 cm³/mol. The largest absolute Gasteiger partial charge is 0.441 e. The van der Waals surface area contributed by atoms with E-state index in [4.69, 9.17) is 9.15 Å². The molecule has 2 aromatic heterocycles. The smallest absolute Gasteiger partial charge is 0.275 e. The van der Waals surface area contributed by atoms with Crippen LogP contribution in [0.5, 0.6) is 0 Å². The molecule has 26 heavy (non-hydrogen) atoms. The fourth-order valence-electron chi connectivity index (χ4n) is 3.51. The van der Waals surface area contributed by atoms with Crippen molar-refractivity contribution < 1.29 is 13.9 Å². The average molecular weight is 350 g/mol. The summed E-state index contributed by atoms with van der Waals surface area (Å²) in [6, 6.07) is 9.81. The van der Waals surface area contributed by atoms with Crippen molar-refractivity contribution in [3.63, 3.8) is 0 Å². The predicted octanol–water partition coefficient (Wildman–Crippen LogP) is 2.34. The molecule has 132 valence electrons. The molecule has 0 saturated carbocycles. The second-order valence-electron chi connectivity index (χ2n) is 6.56.